The van der Waals surface area contributed by atoms with E-state index in [4.69, 9.17) is 8.92 Å². The number of carbonyl (C=O) groups is 1. The predicted molar refractivity (Wildman–Crippen MR) is 101 cm³/mol. The number of carbonyl (C=O) groups excluding carboxylic acids is 1. The molecule has 0 bridgehead atoms. The van der Waals surface area contributed by atoms with E-state index in [0.29, 0.717) is 34.5 Å². The third kappa shape index (κ3) is 4.45. The molecular formula is C18H15F2NO5S2. The summed E-state index contributed by atoms with van der Waals surface area (Å²) in [6.07, 6.45) is 0. The molecule has 0 amide bonds. The summed E-state index contributed by atoms with van der Waals surface area (Å²) in [4.78, 5) is 11.0. The highest BCUT2D eigenvalue weighted by Crippen LogP contribution is 2.28. The molecule has 2 aromatic carbocycles. The van der Waals surface area contributed by atoms with Crippen LogP contribution in [-0.4, -0.2) is 33.0 Å². The standard InChI is InChI=1S/C18H15F2NO5S2/c1-25-18(22)14-9-27-10-16(14)21-12-3-5-13(6-4-12)26-28(23,24)17-7-2-11(19)8-15(17)20/h2-8,21H,9-10H2,1H3. The third-order valence-electron chi connectivity index (χ3n) is 3.81. The van der Waals surface area contributed by atoms with Crippen molar-refractivity contribution in [2.24, 2.45) is 0 Å². The van der Waals surface area contributed by atoms with Gasteiger partial charge in [0.15, 0.2) is 0 Å². The van der Waals surface area contributed by atoms with E-state index in [0.717, 1.165) is 12.1 Å². The van der Waals surface area contributed by atoms with Gasteiger partial charge in [0.25, 0.3) is 0 Å². The Bertz CT molecular complexity index is 1040. The average Bonchev–Trinajstić information content (AvgIpc) is 3.10. The first-order valence-electron chi connectivity index (χ1n) is 7.95. The molecule has 1 N–H and O–H groups in total. The number of methoxy groups -OCH3 is 1. The lowest BCUT2D eigenvalue weighted by Crippen LogP contribution is -2.12. The summed E-state index contributed by atoms with van der Waals surface area (Å²) in [6.45, 7) is 0. The Labute approximate surface area is 164 Å². The lowest BCUT2D eigenvalue weighted by Gasteiger charge is -2.11. The number of hydrogen-bond donors (Lipinski definition) is 1. The van der Waals surface area contributed by atoms with Crippen LogP contribution in [0.2, 0.25) is 0 Å². The molecule has 148 valence electrons. The van der Waals surface area contributed by atoms with Crippen molar-refractivity contribution in [3.8, 4) is 5.75 Å². The number of ether oxygens (including phenoxy) is 1. The van der Waals surface area contributed by atoms with Crippen LogP contribution in [0.25, 0.3) is 0 Å². The van der Waals surface area contributed by atoms with Crippen LogP contribution in [0.5, 0.6) is 5.75 Å². The Morgan fingerprint density at radius 2 is 1.82 bits per heavy atom. The fourth-order valence-corrected chi connectivity index (χ4v) is 4.50. The van der Waals surface area contributed by atoms with Gasteiger partial charge in [0.1, 0.15) is 22.3 Å². The van der Waals surface area contributed by atoms with Crippen molar-refractivity contribution < 1.29 is 30.9 Å². The van der Waals surface area contributed by atoms with Gasteiger partial charge in [-0.2, -0.15) is 20.2 Å². The number of benzene rings is 2. The molecule has 6 nitrogen and oxygen atoms in total. The van der Waals surface area contributed by atoms with Gasteiger partial charge < -0.3 is 14.2 Å². The fourth-order valence-electron chi connectivity index (χ4n) is 2.46. The van der Waals surface area contributed by atoms with E-state index >= 15 is 0 Å². The largest absolute Gasteiger partial charge is 0.466 e. The van der Waals surface area contributed by atoms with E-state index in [2.05, 4.69) is 5.32 Å². The van der Waals surface area contributed by atoms with Gasteiger partial charge >= 0.3 is 16.1 Å². The quantitative estimate of drug-likeness (QED) is 0.559. The minimum absolute atomic E-state index is 0.0442. The molecule has 0 aromatic heterocycles. The van der Waals surface area contributed by atoms with Crippen LogP contribution in [0.15, 0.2) is 58.6 Å². The van der Waals surface area contributed by atoms with E-state index in [1.165, 1.54) is 19.2 Å². The number of esters is 1. The van der Waals surface area contributed by atoms with Gasteiger partial charge in [-0.05, 0) is 36.4 Å². The maximum Gasteiger partial charge on any atom is 0.342 e. The van der Waals surface area contributed by atoms with Gasteiger partial charge in [-0.3, -0.25) is 0 Å². The van der Waals surface area contributed by atoms with Crippen LogP contribution in [0.1, 0.15) is 0 Å². The second-order valence-corrected chi connectivity index (χ2v) is 8.20. The molecule has 1 aliphatic rings. The van der Waals surface area contributed by atoms with Crippen LogP contribution in [0, 0.1) is 11.6 Å². The molecule has 0 fully saturated rings. The molecule has 0 unspecified atom stereocenters. The zero-order valence-corrected chi connectivity index (χ0v) is 16.2. The number of nitrogens with one attached hydrogen (secondary N) is 1. The summed E-state index contributed by atoms with van der Waals surface area (Å²) >= 11 is 1.56. The molecular weight excluding hydrogens is 412 g/mol. The molecule has 0 saturated heterocycles. The molecule has 0 aliphatic carbocycles. The van der Waals surface area contributed by atoms with Gasteiger partial charge in [-0.25, -0.2) is 13.6 Å². The maximum atomic E-state index is 13.7. The Hall–Kier alpha value is -2.59. The number of hydrogen-bond acceptors (Lipinski definition) is 7. The fraction of sp³-hybridized carbons (Fsp3) is 0.167. The zero-order valence-electron chi connectivity index (χ0n) is 14.6. The summed E-state index contributed by atoms with van der Waals surface area (Å²) in [6, 6.07) is 7.96. The summed E-state index contributed by atoms with van der Waals surface area (Å²) in [5.41, 5.74) is 1.87. The molecule has 10 heteroatoms. The molecule has 0 saturated carbocycles. The van der Waals surface area contributed by atoms with E-state index in [9.17, 15) is 22.0 Å². The third-order valence-corrected chi connectivity index (χ3v) is 6.07. The monoisotopic (exact) mass is 427 g/mol. The lowest BCUT2D eigenvalue weighted by atomic mass is 10.2. The highest BCUT2D eigenvalue weighted by molar-refractivity contribution is 8.00. The first-order valence-corrected chi connectivity index (χ1v) is 10.5. The highest BCUT2D eigenvalue weighted by Gasteiger charge is 2.23. The Balaban J connectivity index is 1.75. The number of halogens is 2. The average molecular weight is 427 g/mol. The van der Waals surface area contributed by atoms with Crippen LogP contribution < -0.4 is 9.50 Å². The first-order chi connectivity index (χ1) is 13.3. The summed E-state index contributed by atoms with van der Waals surface area (Å²) in [5.74, 6) is -1.42. The molecule has 0 radical (unpaired) electrons. The summed E-state index contributed by atoms with van der Waals surface area (Å²) < 4.78 is 60.7. The summed E-state index contributed by atoms with van der Waals surface area (Å²) in [7, 11) is -3.14. The van der Waals surface area contributed by atoms with Gasteiger partial charge in [0.2, 0.25) is 0 Å². The molecule has 0 atom stereocenters. The van der Waals surface area contributed by atoms with E-state index in [-0.39, 0.29) is 5.75 Å². The predicted octanol–water partition coefficient (Wildman–Crippen LogP) is 3.32. The van der Waals surface area contributed by atoms with Crippen LogP contribution in [0.3, 0.4) is 0 Å². The van der Waals surface area contributed by atoms with E-state index in [1.54, 1.807) is 23.9 Å². The van der Waals surface area contributed by atoms with Crippen molar-refractivity contribution in [3.05, 3.63) is 65.4 Å². The number of anilines is 1. The van der Waals surface area contributed by atoms with Crippen LogP contribution in [-0.2, 0) is 19.6 Å². The molecule has 2 aromatic rings. The van der Waals surface area contributed by atoms with Gasteiger partial charge in [-0.15, -0.1) is 0 Å². The van der Waals surface area contributed by atoms with Gasteiger partial charge in [0, 0.05) is 29.0 Å². The molecule has 28 heavy (non-hydrogen) atoms. The van der Waals surface area contributed by atoms with Crippen molar-refractivity contribution in [2.75, 3.05) is 23.9 Å². The number of thioether (sulfide) groups is 1. The number of rotatable bonds is 6. The maximum absolute atomic E-state index is 13.7. The van der Waals surface area contributed by atoms with Crippen LogP contribution >= 0.6 is 11.8 Å². The van der Waals surface area contributed by atoms with Crippen molar-refractivity contribution in [2.45, 2.75) is 4.90 Å². The SMILES string of the molecule is COC(=O)C1=C(Nc2ccc(OS(=O)(=O)c3ccc(F)cc3F)cc2)CSC1. The second kappa shape index (κ2) is 8.19. The Morgan fingerprint density at radius 1 is 1.11 bits per heavy atom. The van der Waals surface area contributed by atoms with E-state index in [1.807, 2.05) is 0 Å². The van der Waals surface area contributed by atoms with Crippen molar-refractivity contribution in [3.63, 3.8) is 0 Å². The molecule has 0 spiro atoms. The van der Waals surface area contributed by atoms with Gasteiger partial charge in [0.05, 0.1) is 12.7 Å². The van der Waals surface area contributed by atoms with Crippen LogP contribution in [0.4, 0.5) is 14.5 Å². The summed E-state index contributed by atoms with van der Waals surface area (Å²) in [5, 5.41) is 3.09. The zero-order chi connectivity index (χ0) is 20.3. The van der Waals surface area contributed by atoms with Crippen molar-refractivity contribution >= 4 is 33.5 Å². The topological polar surface area (TPSA) is 81.7 Å². The minimum Gasteiger partial charge on any atom is -0.466 e. The minimum atomic E-state index is -4.46. The molecule has 1 aliphatic heterocycles. The molecule has 1 heterocycles. The van der Waals surface area contributed by atoms with Crippen molar-refractivity contribution in [1.29, 1.82) is 0 Å². The normalized spacial score (nSPS) is 14.1. The van der Waals surface area contributed by atoms with Crippen molar-refractivity contribution in [1.82, 2.24) is 0 Å². The smallest absolute Gasteiger partial charge is 0.342 e. The van der Waals surface area contributed by atoms with Gasteiger partial charge in [-0.1, -0.05) is 0 Å². The van der Waals surface area contributed by atoms with E-state index < -0.39 is 32.6 Å². The highest BCUT2D eigenvalue weighted by atomic mass is 32.2. The molecule has 3 rings (SSSR count). The Morgan fingerprint density at radius 3 is 2.46 bits per heavy atom. The second-order valence-electron chi connectivity index (χ2n) is 5.70. The lowest BCUT2D eigenvalue weighted by molar-refractivity contribution is -0.136. The first kappa shape index (κ1) is 20.2. The Kier molecular flexibility index (Phi) is 5.90.